The Morgan fingerprint density at radius 3 is 1.17 bits per heavy atom. The molecule has 149 heavy (non-hydrogen) atoms. The smallest absolute Gasteiger partial charge is 0.323 e. The van der Waals surface area contributed by atoms with Crippen molar-refractivity contribution in [1.82, 2.24) is 106 Å². The highest BCUT2D eigenvalue weighted by Crippen LogP contribution is 2.35. The van der Waals surface area contributed by atoms with E-state index < -0.39 is 224 Å². The van der Waals surface area contributed by atoms with Crippen molar-refractivity contribution >= 4 is 153 Å². The van der Waals surface area contributed by atoms with Crippen molar-refractivity contribution in [2.75, 3.05) is 153 Å². The highest BCUT2D eigenvalue weighted by Gasteiger charge is 2.37. The lowest BCUT2D eigenvalue weighted by Crippen LogP contribution is -2.57. The number of likely N-dealkylation sites (N-methyl/N-ethyl adjacent to an activating group) is 1. The van der Waals surface area contributed by atoms with Gasteiger partial charge in [0.05, 0.1) is 86.9 Å². The minimum atomic E-state index is -4.69. The monoisotopic (exact) mass is 2170 g/mol. The number of carbonyl (C=O) groups excluding carboxylic acids is 9. The van der Waals surface area contributed by atoms with E-state index in [1.165, 1.54) is 69.3 Å². The number of nitrogens with one attached hydrogen (secondary N) is 15. The van der Waals surface area contributed by atoms with Gasteiger partial charge in [-0.1, -0.05) is 19.1 Å². The molecular formula is C91H127N23O31S4. The van der Waals surface area contributed by atoms with Crippen molar-refractivity contribution < 1.29 is 136 Å². The number of imidazole rings is 2. The van der Waals surface area contributed by atoms with Gasteiger partial charge in [0.1, 0.15) is 52.8 Å². The number of sulfonamides is 2. The quantitative estimate of drug-likeness (QED) is 0.0207. The first-order valence-electron chi connectivity index (χ1n) is 46.9. The number of nitrogens with zero attached hydrogens (tertiary/aromatic N) is 8. The molecule has 2 unspecified atom stereocenters. The third-order valence-electron chi connectivity index (χ3n) is 23.4. The molecule has 0 bridgehead atoms. The first-order chi connectivity index (χ1) is 70.3. The predicted octanol–water partition coefficient (Wildman–Crippen LogP) is -0.807. The number of carboxylic acid groups (broad SMARTS) is 4. The molecule has 54 nitrogen and oxygen atoms in total. The van der Waals surface area contributed by atoms with E-state index in [9.17, 15) is 136 Å². The predicted molar refractivity (Wildman–Crippen MR) is 544 cm³/mol. The standard InChI is InChI=1S/C91H127N23O31S4/c1-8-111-27-29-113(50-77(119)120)33-31-112(32-34-114(30-28-111)51-78(121)122)49-76(118)104-66(87(129)106-70(53-147(137,138)139)86(128)95-22-20-93-74(116)12-10-36-145-61-39-56(4)82(57(5)40-61)149(142,143)108-68(89(132)133)46-101-84(126)65-48-110(7)72-42-59(14-16-63(72)80(65)124)44-103-91-98-25-26-99-91)17-18-75(117)105-69(52-146(134,135)136)85(127)94-21-19-92-73(115)11-9-35-144-60-37-54(2)81(55(3)38-60)148(140,141)107-67(88(130)131)45-100-83(125)64-47-109(6)71-41-58(13-15-62(71)79(64)123)43-102-90-96-23-24-97-90/h13-16,23-26,37-42,47-48,66-70,107-108,134-139H,8-12,17-22,27-36,43-46,49-53H2,1-7H3,(H,92,115)(H,93,116)(H,94,127)(H,95,128)(H,100,125)(H,101,126)(H,104,118)(H,105,117)(H,106,129)(H,119,120)(H,121,122)(H,130,131)(H,132,133)(H2,96,97,102)(H2,98,99,103)/t66-,67-,68-,69?,70?/m0/s1. The van der Waals surface area contributed by atoms with E-state index >= 15 is 0 Å². The Morgan fingerprint density at radius 2 is 0.805 bits per heavy atom. The van der Waals surface area contributed by atoms with Gasteiger partial charge in [0.15, 0.2) is 11.9 Å². The van der Waals surface area contributed by atoms with Gasteiger partial charge >= 0.3 is 23.9 Å². The number of aromatic nitrogens is 6. The number of benzene rings is 4. The third-order valence-corrected chi connectivity index (χ3v) is 28.5. The van der Waals surface area contributed by atoms with Crippen LogP contribution in [0.1, 0.15) is 99.5 Å². The van der Waals surface area contributed by atoms with Crippen LogP contribution in [0.4, 0.5) is 11.9 Å². The van der Waals surface area contributed by atoms with Gasteiger partial charge in [0, 0.05) is 186 Å². The number of carboxylic acids is 4. The van der Waals surface area contributed by atoms with Gasteiger partial charge in [-0.25, -0.2) is 26.8 Å². The zero-order chi connectivity index (χ0) is 109. The molecule has 5 atom stereocenters. The van der Waals surface area contributed by atoms with E-state index in [4.69, 9.17) is 9.47 Å². The molecule has 4 aromatic heterocycles. The number of fused-ring (bicyclic) bond motifs is 2. The average molecular weight is 2170 g/mol. The maximum atomic E-state index is 14.6. The number of ether oxygens (including phenoxy) is 2. The Hall–Kier alpha value is -13.9. The number of aromatic amines is 2. The van der Waals surface area contributed by atoms with Crippen molar-refractivity contribution in [2.24, 2.45) is 14.1 Å². The van der Waals surface area contributed by atoms with Crippen LogP contribution in [0.25, 0.3) is 21.8 Å². The SMILES string of the molecule is CCN1CCN(CC(=O)O)CCN(CC(=O)N[C@@H](CCC(=O)NC(CS(O)(O)O)C(=O)NCCNC(=O)CCCOc2cc(C)c(S(=O)(=O)N[C@@H](CNC(=O)c3cn(C)c4cc(CNc5ncc[nH]5)ccc4c3=O)C(=O)O)c(C)c2)C(=O)NC(CS(O)(O)O)C(=O)NCCNC(=O)CCCOc2cc(C)c(S(=O)(=O)N[C@@H](CNC(=O)c3cn(C)c4cc(CNc5ncc[nH]5)ccc4c3=O)C(=O)O)c(C)c2)CCN(CC(=O)O)CC1. The maximum absolute atomic E-state index is 14.6. The van der Waals surface area contributed by atoms with Gasteiger partial charge in [0.25, 0.3) is 11.8 Å². The molecule has 25 N–H and O–H groups in total. The fraction of sp³-hybridized carbons (Fsp3) is 0.462. The van der Waals surface area contributed by atoms with Crippen molar-refractivity contribution in [3.8, 4) is 11.5 Å². The molecule has 816 valence electrons. The topological polar surface area (TPSA) is 782 Å². The summed E-state index contributed by atoms with van der Waals surface area (Å²) in [6, 6.07) is 5.56. The first kappa shape index (κ1) is 119. The van der Waals surface area contributed by atoms with Gasteiger partial charge in [-0.05, 0) is 135 Å². The zero-order valence-corrected chi connectivity index (χ0v) is 85.9. The number of carbonyl (C=O) groups is 13. The summed E-state index contributed by atoms with van der Waals surface area (Å²) in [7, 11) is -15.4. The fourth-order valence-corrected chi connectivity index (χ4v) is 20.7. The Morgan fingerprint density at radius 1 is 0.436 bits per heavy atom. The van der Waals surface area contributed by atoms with Crippen molar-refractivity contribution in [2.45, 2.75) is 126 Å². The number of amides is 9. The van der Waals surface area contributed by atoms with Crippen LogP contribution in [-0.4, -0.2) is 363 Å². The second-order valence-corrected chi connectivity index (χ2v) is 41.6. The van der Waals surface area contributed by atoms with E-state index in [0.717, 1.165) is 11.1 Å². The van der Waals surface area contributed by atoms with Crippen molar-refractivity contribution in [3.63, 3.8) is 0 Å². The number of hydrogen-bond acceptors (Lipinski definition) is 35. The van der Waals surface area contributed by atoms with Gasteiger partial charge in [-0.3, -0.25) is 86.6 Å². The lowest BCUT2D eigenvalue weighted by Gasteiger charge is -2.33. The molecule has 8 aromatic rings. The van der Waals surface area contributed by atoms with Crippen LogP contribution >= 0.6 is 21.7 Å². The number of H-pyrrole nitrogens is 2. The number of hydrogen-bond donors (Lipinski definition) is 25. The van der Waals surface area contributed by atoms with Crippen LogP contribution in [-0.2, 0) is 100.0 Å². The molecule has 5 heterocycles. The molecule has 58 heteroatoms. The Labute approximate surface area is 858 Å². The summed E-state index contributed by atoms with van der Waals surface area (Å²) in [6.45, 7) is 5.58. The molecular weight excluding hydrogens is 2040 g/mol. The summed E-state index contributed by atoms with van der Waals surface area (Å²) in [6.07, 6.45) is 7.11. The average Bonchev–Trinajstić information content (AvgIpc) is 1.17. The molecule has 9 amide bonds. The van der Waals surface area contributed by atoms with Crippen LogP contribution in [0.3, 0.4) is 0 Å². The van der Waals surface area contributed by atoms with Crippen LogP contribution in [0.5, 0.6) is 11.5 Å². The Bertz CT molecular complexity index is 6410. The van der Waals surface area contributed by atoms with Crippen LogP contribution in [0.15, 0.2) is 117 Å². The number of anilines is 2. The molecule has 1 saturated heterocycles. The van der Waals surface area contributed by atoms with Gasteiger partial charge in [-0.15, -0.1) is 0 Å². The lowest BCUT2D eigenvalue weighted by molar-refractivity contribution is -0.139. The molecule has 1 aliphatic heterocycles. The summed E-state index contributed by atoms with van der Waals surface area (Å²) in [5, 5.41) is 67.9. The molecule has 0 aliphatic carbocycles. The highest BCUT2D eigenvalue weighted by atomic mass is 32.3. The summed E-state index contributed by atoms with van der Waals surface area (Å²) < 4.78 is 136. The van der Waals surface area contributed by atoms with Gasteiger partial charge in [-0.2, -0.15) is 9.44 Å². The third kappa shape index (κ3) is 37.7. The van der Waals surface area contributed by atoms with E-state index in [-0.39, 0.29) is 163 Å². The minimum Gasteiger partial charge on any atom is -0.494 e. The zero-order valence-electron chi connectivity index (χ0n) is 82.6. The van der Waals surface area contributed by atoms with Gasteiger partial charge < -0.3 is 140 Å². The second kappa shape index (κ2) is 55.4. The summed E-state index contributed by atoms with van der Waals surface area (Å²) in [4.78, 5) is 220. The molecule has 4 aromatic carbocycles. The van der Waals surface area contributed by atoms with E-state index in [1.807, 2.05) is 11.8 Å². The normalized spacial score (nSPS) is 14.6. The van der Waals surface area contributed by atoms with Crippen LogP contribution in [0, 0.1) is 27.7 Å². The number of aliphatic carboxylic acids is 4. The first-order valence-corrected chi connectivity index (χ1v) is 53.2. The van der Waals surface area contributed by atoms with Crippen molar-refractivity contribution in [1.29, 1.82) is 0 Å². The second-order valence-electron chi connectivity index (χ2n) is 35.1. The number of aryl methyl sites for hydroxylation is 6. The number of pyridine rings is 2. The summed E-state index contributed by atoms with van der Waals surface area (Å²) >= 11 is 0. The van der Waals surface area contributed by atoms with Crippen LogP contribution in [0.2, 0.25) is 0 Å². The van der Waals surface area contributed by atoms with E-state index in [2.05, 4.69) is 87.9 Å². The largest absolute Gasteiger partial charge is 0.494 e. The van der Waals surface area contributed by atoms with Gasteiger partial charge in [0.2, 0.25) is 72.3 Å². The van der Waals surface area contributed by atoms with Crippen LogP contribution < -0.4 is 88.3 Å². The summed E-state index contributed by atoms with van der Waals surface area (Å²) in [5.74, 6) is -15.7. The Balaban J connectivity index is 0.760. The highest BCUT2D eigenvalue weighted by molar-refractivity contribution is 8.19. The van der Waals surface area contributed by atoms with E-state index in [0.29, 0.717) is 55.7 Å². The molecule has 1 fully saturated rings. The molecule has 1 aliphatic rings. The fourth-order valence-electron chi connectivity index (χ4n) is 16.1. The molecule has 0 spiro atoms. The summed E-state index contributed by atoms with van der Waals surface area (Å²) in [5.41, 5.74) is 1.01. The Kier molecular flexibility index (Phi) is 44.2. The molecule has 9 rings (SSSR count). The maximum Gasteiger partial charge on any atom is 0.323 e. The minimum absolute atomic E-state index is 0.0139. The lowest BCUT2D eigenvalue weighted by atomic mass is 10.1. The molecule has 0 saturated carbocycles. The number of rotatable bonds is 56. The van der Waals surface area contributed by atoms with E-state index in [1.54, 1.807) is 94.2 Å². The van der Waals surface area contributed by atoms with Crippen molar-refractivity contribution in [3.05, 3.63) is 163 Å². The molecule has 0 radical (unpaired) electrons.